The van der Waals surface area contributed by atoms with E-state index >= 15 is 0 Å². The van der Waals surface area contributed by atoms with E-state index in [-0.39, 0.29) is 30.3 Å². The normalized spacial score (nSPS) is 26.8. The molecule has 3 atom stereocenters. The van der Waals surface area contributed by atoms with E-state index in [1.54, 1.807) is 29.0 Å². The molecule has 2 aliphatic heterocycles. The summed E-state index contributed by atoms with van der Waals surface area (Å²) in [5.74, 6) is -1.82. The fourth-order valence-electron chi connectivity index (χ4n) is 3.84. The van der Waals surface area contributed by atoms with Gasteiger partial charge in [0, 0.05) is 31.6 Å². The van der Waals surface area contributed by atoms with E-state index in [0.717, 1.165) is 5.56 Å². The second kappa shape index (κ2) is 7.04. The third-order valence-electron chi connectivity index (χ3n) is 5.22. The van der Waals surface area contributed by atoms with Gasteiger partial charge in [0.15, 0.2) is 0 Å². The topological polar surface area (TPSA) is 77.9 Å². The number of likely N-dealkylation sites (tertiary alicyclic amines) is 2. The molecule has 2 amide bonds. The lowest BCUT2D eigenvalue weighted by atomic mass is 9.83. The summed E-state index contributed by atoms with van der Waals surface area (Å²) < 4.78 is 0. The number of hydrogen-bond acceptors (Lipinski definition) is 3. The van der Waals surface area contributed by atoms with E-state index in [1.165, 1.54) is 0 Å². The van der Waals surface area contributed by atoms with Crippen molar-refractivity contribution < 1.29 is 19.5 Å². The van der Waals surface area contributed by atoms with Crippen molar-refractivity contribution in [3.05, 3.63) is 34.9 Å². The number of halogens is 1. The van der Waals surface area contributed by atoms with Gasteiger partial charge in [-0.2, -0.15) is 0 Å². The van der Waals surface area contributed by atoms with Crippen molar-refractivity contribution >= 4 is 29.4 Å². The van der Waals surface area contributed by atoms with Gasteiger partial charge in [-0.25, -0.2) is 0 Å². The molecular weight excluding hydrogens is 344 g/mol. The fourth-order valence-corrected chi connectivity index (χ4v) is 4.04. The van der Waals surface area contributed by atoms with Crippen LogP contribution in [0.4, 0.5) is 0 Å². The molecule has 1 N–H and O–H groups in total. The largest absolute Gasteiger partial charge is 0.481 e. The van der Waals surface area contributed by atoms with Gasteiger partial charge in [0.2, 0.25) is 11.8 Å². The van der Waals surface area contributed by atoms with Crippen LogP contribution in [0.3, 0.4) is 0 Å². The highest BCUT2D eigenvalue weighted by Crippen LogP contribution is 2.38. The molecule has 0 spiro atoms. The maximum atomic E-state index is 13.1. The summed E-state index contributed by atoms with van der Waals surface area (Å²) in [6.07, 6.45) is 1.26. The molecule has 0 radical (unpaired) electrons. The molecule has 6 nitrogen and oxygen atoms in total. The Labute approximate surface area is 151 Å². The van der Waals surface area contributed by atoms with E-state index in [4.69, 9.17) is 16.7 Å². The van der Waals surface area contributed by atoms with E-state index in [2.05, 4.69) is 0 Å². The Hall–Kier alpha value is -2.08. The Morgan fingerprint density at radius 1 is 1.28 bits per heavy atom. The van der Waals surface area contributed by atoms with Gasteiger partial charge in [-0.05, 0) is 30.5 Å². The molecule has 0 aliphatic carbocycles. The number of benzene rings is 1. The first-order chi connectivity index (χ1) is 11.9. The van der Waals surface area contributed by atoms with Crippen molar-refractivity contribution in [3.63, 3.8) is 0 Å². The summed E-state index contributed by atoms with van der Waals surface area (Å²) in [5, 5.41) is 9.71. The van der Waals surface area contributed by atoms with Crippen molar-refractivity contribution in [2.75, 3.05) is 20.1 Å². The average Bonchev–Trinajstić information content (AvgIpc) is 3.07. The van der Waals surface area contributed by atoms with Gasteiger partial charge in [0.1, 0.15) is 0 Å². The zero-order chi connectivity index (χ0) is 18.1. The number of nitrogens with zero attached hydrogens (tertiary/aromatic N) is 2. The number of rotatable bonds is 3. The standard InChI is InChI=1S/C18H21ClN2O4/c1-20-15(22)6-5-14(16(20)11-3-2-4-13(19)9-11)17(23)21-8-7-12(10-21)18(24)25/h2-4,9,12,14,16H,5-8,10H2,1H3,(H,24,25). The molecular formula is C18H21ClN2O4. The molecule has 0 saturated carbocycles. The Bertz CT molecular complexity index is 708. The molecule has 2 aliphatic rings. The van der Waals surface area contributed by atoms with Crippen molar-refractivity contribution in [1.29, 1.82) is 0 Å². The Morgan fingerprint density at radius 2 is 2.04 bits per heavy atom. The monoisotopic (exact) mass is 364 g/mol. The molecule has 25 heavy (non-hydrogen) atoms. The third-order valence-corrected chi connectivity index (χ3v) is 5.45. The molecule has 0 bridgehead atoms. The first kappa shape index (κ1) is 17.7. The van der Waals surface area contributed by atoms with Gasteiger partial charge < -0.3 is 14.9 Å². The van der Waals surface area contributed by atoms with Crippen LogP contribution in [-0.2, 0) is 14.4 Å². The Morgan fingerprint density at radius 3 is 2.68 bits per heavy atom. The van der Waals surface area contributed by atoms with Gasteiger partial charge in [0.25, 0.3) is 0 Å². The van der Waals surface area contributed by atoms with Crippen LogP contribution < -0.4 is 0 Å². The fraction of sp³-hybridized carbons (Fsp3) is 0.500. The molecule has 3 unspecified atom stereocenters. The van der Waals surface area contributed by atoms with Crippen molar-refractivity contribution in [2.45, 2.75) is 25.3 Å². The summed E-state index contributed by atoms with van der Waals surface area (Å²) in [6.45, 7) is 0.691. The van der Waals surface area contributed by atoms with Crippen LogP contribution in [0.25, 0.3) is 0 Å². The molecule has 7 heteroatoms. The van der Waals surface area contributed by atoms with Crippen LogP contribution in [0, 0.1) is 11.8 Å². The average molecular weight is 365 g/mol. The number of amides is 2. The van der Waals surface area contributed by atoms with Crippen LogP contribution in [0.1, 0.15) is 30.9 Å². The quantitative estimate of drug-likeness (QED) is 0.891. The van der Waals surface area contributed by atoms with Crippen molar-refractivity contribution in [3.8, 4) is 0 Å². The second-order valence-corrected chi connectivity index (χ2v) is 7.19. The number of carboxylic acids is 1. The zero-order valence-electron chi connectivity index (χ0n) is 14.0. The Kier molecular flexibility index (Phi) is 4.99. The summed E-state index contributed by atoms with van der Waals surface area (Å²) in [4.78, 5) is 39.6. The highest BCUT2D eigenvalue weighted by Gasteiger charge is 2.42. The van der Waals surface area contributed by atoms with Gasteiger partial charge >= 0.3 is 5.97 Å². The number of aliphatic carboxylic acids is 1. The lowest BCUT2D eigenvalue weighted by Gasteiger charge is -2.40. The van der Waals surface area contributed by atoms with Crippen LogP contribution in [0.2, 0.25) is 5.02 Å². The minimum atomic E-state index is -0.863. The smallest absolute Gasteiger partial charge is 0.308 e. The summed E-state index contributed by atoms with van der Waals surface area (Å²) >= 11 is 6.09. The molecule has 0 aromatic heterocycles. The minimum absolute atomic E-state index is 0.00106. The number of carbonyl (C=O) groups excluding carboxylic acids is 2. The lowest BCUT2D eigenvalue weighted by Crippen LogP contribution is -2.47. The number of carboxylic acid groups (broad SMARTS) is 1. The molecule has 2 saturated heterocycles. The highest BCUT2D eigenvalue weighted by atomic mass is 35.5. The number of piperidine rings is 1. The van der Waals surface area contributed by atoms with Gasteiger partial charge in [0.05, 0.1) is 17.9 Å². The van der Waals surface area contributed by atoms with Crippen LogP contribution >= 0.6 is 11.6 Å². The third kappa shape index (κ3) is 3.49. The van der Waals surface area contributed by atoms with E-state index in [1.807, 2.05) is 12.1 Å². The molecule has 3 rings (SSSR count). The van der Waals surface area contributed by atoms with Gasteiger partial charge in [-0.1, -0.05) is 23.7 Å². The van der Waals surface area contributed by atoms with Gasteiger partial charge in [-0.3, -0.25) is 14.4 Å². The van der Waals surface area contributed by atoms with Crippen molar-refractivity contribution in [2.24, 2.45) is 11.8 Å². The highest BCUT2D eigenvalue weighted by molar-refractivity contribution is 6.30. The second-order valence-electron chi connectivity index (χ2n) is 6.76. The SMILES string of the molecule is CN1C(=O)CCC(C(=O)N2CCC(C(=O)O)C2)C1c1cccc(Cl)c1. The van der Waals surface area contributed by atoms with Crippen LogP contribution in [0.15, 0.2) is 24.3 Å². The molecule has 2 fully saturated rings. The minimum Gasteiger partial charge on any atom is -0.481 e. The molecule has 2 heterocycles. The van der Waals surface area contributed by atoms with E-state index < -0.39 is 11.9 Å². The first-order valence-corrected chi connectivity index (χ1v) is 8.79. The number of hydrogen-bond donors (Lipinski definition) is 1. The predicted molar refractivity (Wildman–Crippen MR) is 92.0 cm³/mol. The van der Waals surface area contributed by atoms with Gasteiger partial charge in [-0.15, -0.1) is 0 Å². The molecule has 134 valence electrons. The lowest BCUT2D eigenvalue weighted by molar-refractivity contribution is -0.146. The number of carbonyl (C=O) groups is 3. The van der Waals surface area contributed by atoms with E-state index in [9.17, 15) is 14.4 Å². The summed E-state index contributed by atoms with van der Waals surface area (Å²) in [7, 11) is 1.71. The predicted octanol–water partition coefficient (Wildman–Crippen LogP) is 2.18. The Balaban J connectivity index is 1.86. The first-order valence-electron chi connectivity index (χ1n) is 8.41. The van der Waals surface area contributed by atoms with Crippen LogP contribution in [0.5, 0.6) is 0 Å². The summed E-state index contributed by atoms with van der Waals surface area (Å²) in [5.41, 5.74) is 0.829. The maximum Gasteiger partial charge on any atom is 0.308 e. The van der Waals surface area contributed by atoms with E-state index in [0.29, 0.717) is 30.8 Å². The van der Waals surface area contributed by atoms with Crippen molar-refractivity contribution in [1.82, 2.24) is 9.80 Å². The van der Waals surface area contributed by atoms with Crippen LogP contribution in [-0.4, -0.2) is 52.8 Å². The molecule has 1 aromatic carbocycles. The summed E-state index contributed by atoms with van der Waals surface area (Å²) in [6, 6.07) is 6.84. The maximum absolute atomic E-state index is 13.1. The molecule has 1 aromatic rings. The zero-order valence-corrected chi connectivity index (χ0v) is 14.8.